The van der Waals surface area contributed by atoms with Gasteiger partial charge in [0.15, 0.2) is 0 Å². The molecule has 0 aliphatic carbocycles. The van der Waals surface area contributed by atoms with E-state index in [0.29, 0.717) is 22.5 Å². The minimum atomic E-state index is -0.473. The van der Waals surface area contributed by atoms with Crippen molar-refractivity contribution in [2.45, 2.75) is 13.8 Å². The van der Waals surface area contributed by atoms with Crippen molar-refractivity contribution in [3.8, 4) is 0 Å². The molecule has 0 bridgehead atoms. The molecule has 0 atom stereocenters. The minimum Gasteiger partial charge on any atom is -0.350 e. The number of benzene rings is 3. The molecule has 0 unspecified atom stereocenters. The van der Waals surface area contributed by atoms with Crippen LogP contribution in [0.2, 0.25) is 0 Å². The van der Waals surface area contributed by atoms with Gasteiger partial charge in [0.05, 0.1) is 11.3 Å². The quantitative estimate of drug-likeness (QED) is 0.653. The molecule has 0 saturated heterocycles. The number of nitrogens with zero attached hydrogens (tertiary/aromatic N) is 1. The Morgan fingerprint density at radius 3 is 2.14 bits per heavy atom. The van der Waals surface area contributed by atoms with Gasteiger partial charge in [0.1, 0.15) is 11.5 Å². The minimum absolute atomic E-state index is 0.203. The lowest BCUT2D eigenvalue weighted by atomic mass is 9.99. The summed E-state index contributed by atoms with van der Waals surface area (Å²) in [6.45, 7) is 3.95. The Bertz CT molecular complexity index is 1140. The third-order valence-corrected chi connectivity index (χ3v) is 5.01. The van der Waals surface area contributed by atoms with E-state index in [1.807, 2.05) is 62.4 Å². The van der Waals surface area contributed by atoms with Crippen molar-refractivity contribution < 1.29 is 14.0 Å². The summed E-state index contributed by atoms with van der Waals surface area (Å²) < 4.78 is 13.3. The molecule has 0 fully saturated rings. The summed E-state index contributed by atoms with van der Waals surface area (Å²) >= 11 is 0. The number of halogens is 1. The first-order chi connectivity index (χ1) is 14.0. The molecule has 0 saturated carbocycles. The fourth-order valence-electron chi connectivity index (χ4n) is 3.30. The van der Waals surface area contributed by atoms with Gasteiger partial charge in [-0.3, -0.25) is 9.59 Å². The van der Waals surface area contributed by atoms with Crippen LogP contribution in [0, 0.1) is 19.7 Å². The Labute approximate surface area is 168 Å². The maximum atomic E-state index is 13.3. The molecule has 3 aromatic carbocycles. The number of nitrogens with one attached hydrogen (secondary N) is 1. The average molecular weight is 386 g/mol. The van der Waals surface area contributed by atoms with E-state index >= 15 is 0 Å². The maximum Gasteiger partial charge on any atom is 0.282 e. The smallest absolute Gasteiger partial charge is 0.282 e. The van der Waals surface area contributed by atoms with Gasteiger partial charge in [-0.25, -0.2) is 9.29 Å². The largest absolute Gasteiger partial charge is 0.350 e. The van der Waals surface area contributed by atoms with Gasteiger partial charge in [0.2, 0.25) is 0 Å². The highest BCUT2D eigenvalue weighted by Crippen LogP contribution is 2.34. The number of amides is 2. The number of carbonyl (C=O) groups is 2. The molecular formula is C24H19FN2O2. The van der Waals surface area contributed by atoms with Crippen LogP contribution < -0.4 is 10.2 Å². The molecule has 1 aliphatic heterocycles. The van der Waals surface area contributed by atoms with Gasteiger partial charge >= 0.3 is 0 Å². The van der Waals surface area contributed by atoms with Gasteiger partial charge in [0.25, 0.3) is 11.8 Å². The lowest BCUT2D eigenvalue weighted by Gasteiger charge is -2.15. The molecule has 0 aromatic heterocycles. The summed E-state index contributed by atoms with van der Waals surface area (Å²) in [7, 11) is 0. The van der Waals surface area contributed by atoms with E-state index in [4.69, 9.17) is 0 Å². The Balaban J connectivity index is 1.84. The molecule has 4 nitrogen and oxygen atoms in total. The fourth-order valence-corrected chi connectivity index (χ4v) is 3.30. The van der Waals surface area contributed by atoms with Crippen molar-refractivity contribution in [3.05, 3.63) is 101 Å². The van der Waals surface area contributed by atoms with Crippen LogP contribution >= 0.6 is 0 Å². The van der Waals surface area contributed by atoms with E-state index in [-0.39, 0.29) is 5.70 Å². The van der Waals surface area contributed by atoms with Crippen LogP contribution in [0.25, 0.3) is 5.57 Å². The number of anilines is 2. The van der Waals surface area contributed by atoms with Crippen LogP contribution in [-0.2, 0) is 9.59 Å². The highest BCUT2D eigenvalue weighted by molar-refractivity contribution is 6.46. The van der Waals surface area contributed by atoms with Crippen molar-refractivity contribution in [2.75, 3.05) is 10.2 Å². The van der Waals surface area contributed by atoms with Gasteiger partial charge < -0.3 is 5.32 Å². The van der Waals surface area contributed by atoms with E-state index in [1.165, 1.54) is 24.3 Å². The average Bonchev–Trinajstić information content (AvgIpc) is 2.96. The van der Waals surface area contributed by atoms with E-state index < -0.39 is 17.6 Å². The Morgan fingerprint density at radius 1 is 0.793 bits per heavy atom. The molecule has 1 heterocycles. The van der Waals surface area contributed by atoms with E-state index in [9.17, 15) is 14.0 Å². The first-order valence-corrected chi connectivity index (χ1v) is 9.24. The Morgan fingerprint density at radius 2 is 1.48 bits per heavy atom. The zero-order valence-electron chi connectivity index (χ0n) is 16.1. The van der Waals surface area contributed by atoms with Crippen LogP contribution in [0.1, 0.15) is 16.7 Å². The van der Waals surface area contributed by atoms with E-state index in [1.54, 1.807) is 0 Å². The van der Waals surface area contributed by atoms with Crippen molar-refractivity contribution in [3.63, 3.8) is 0 Å². The van der Waals surface area contributed by atoms with Crippen molar-refractivity contribution >= 4 is 28.8 Å². The zero-order valence-corrected chi connectivity index (χ0v) is 16.1. The van der Waals surface area contributed by atoms with Gasteiger partial charge in [-0.05, 0) is 66.9 Å². The number of imide groups is 1. The molecule has 4 rings (SSSR count). The first kappa shape index (κ1) is 18.6. The summed E-state index contributed by atoms with van der Waals surface area (Å²) in [4.78, 5) is 27.6. The molecule has 5 heteroatoms. The number of aryl methyl sites for hydroxylation is 2. The van der Waals surface area contributed by atoms with E-state index in [2.05, 4.69) is 5.32 Å². The van der Waals surface area contributed by atoms with Crippen LogP contribution in [0.5, 0.6) is 0 Å². The number of para-hydroxylation sites is 1. The third-order valence-electron chi connectivity index (χ3n) is 5.01. The fraction of sp³-hybridized carbons (Fsp3) is 0.0833. The summed E-state index contributed by atoms with van der Waals surface area (Å²) in [5.41, 5.74) is 4.31. The van der Waals surface area contributed by atoms with Crippen molar-refractivity contribution in [2.24, 2.45) is 0 Å². The van der Waals surface area contributed by atoms with Crippen LogP contribution in [0.3, 0.4) is 0 Å². The molecule has 29 heavy (non-hydrogen) atoms. The topological polar surface area (TPSA) is 49.4 Å². The summed E-state index contributed by atoms with van der Waals surface area (Å²) in [5.74, 6) is -1.35. The van der Waals surface area contributed by atoms with Crippen LogP contribution in [0.15, 0.2) is 78.5 Å². The molecule has 1 N–H and O–H groups in total. The van der Waals surface area contributed by atoms with Gasteiger partial charge in [-0.2, -0.15) is 0 Å². The number of hydrogen-bond acceptors (Lipinski definition) is 3. The standard InChI is InChI=1S/C24H19FN2O2/c1-15-8-9-17(14-16(15)2)21-22(26-19-6-4-3-5-7-19)24(29)27(23(21)28)20-12-10-18(25)11-13-20/h3-14,26H,1-2H3. The van der Waals surface area contributed by atoms with Gasteiger partial charge in [0, 0.05) is 5.69 Å². The van der Waals surface area contributed by atoms with Crippen LogP contribution in [-0.4, -0.2) is 11.8 Å². The summed E-state index contributed by atoms with van der Waals surface area (Å²) in [6.07, 6.45) is 0. The third kappa shape index (κ3) is 3.43. The monoisotopic (exact) mass is 386 g/mol. The van der Waals surface area contributed by atoms with Crippen molar-refractivity contribution in [1.29, 1.82) is 0 Å². The second kappa shape index (κ2) is 7.36. The maximum absolute atomic E-state index is 13.3. The number of carbonyl (C=O) groups excluding carboxylic acids is 2. The van der Waals surface area contributed by atoms with E-state index in [0.717, 1.165) is 16.0 Å². The molecule has 144 valence electrons. The zero-order chi connectivity index (χ0) is 20.5. The molecule has 0 radical (unpaired) electrons. The highest BCUT2D eigenvalue weighted by Gasteiger charge is 2.40. The molecule has 2 amide bonds. The van der Waals surface area contributed by atoms with Gasteiger partial charge in [-0.15, -0.1) is 0 Å². The molecule has 3 aromatic rings. The second-order valence-electron chi connectivity index (χ2n) is 6.96. The Hall–Kier alpha value is -3.73. The SMILES string of the molecule is Cc1ccc(C2=C(Nc3ccccc3)C(=O)N(c3ccc(F)cc3)C2=O)cc1C. The summed E-state index contributed by atoms with van der Waals surface area (Å²) in [6, 6.07) is 20.2. The second-order valence-corrected chi connectivity index (χ2v) is 6.96. The normalized spacial score (nSPS) is 14.0. The lowest BCUT2D eigenvalue weighted by Crippen LogP contribution is -2.32. The number of hydrogen-bond donors (Lipinski definition) is 1. The first-order valence-electron chi connectivity index (χ1n) is 9.24. The molecular weight excluding hydrogens is 367 g/mol. The lowest BCUT2D eigenvalue weighted by molar-refractivity contribution is -0.120. The predicted molar refractivity (Wildman–Crippen MR) is 112 cm³/mol. The van der Waals surface area contributed by atoms with Crippen molar-refractivity contribution in [1.82, 2.24) is 0 Å². The Kier molecular flexibility index (Phi) is 4.72. The molecule has 0 spiro atoms. The number of rotatable bonds is 4. The van der Waals surface area contributed by atoms with Crippen LogP contribution in [0.4, 0.5) is 15.8 Å². The summed E-state index contributed by atoms with van der Waals surface area (Å²) in [5, 5.41) is 3.11. The highest BCUT2D eigenvalue weighted by atomic mass is 19.1. The van der Waals surface area contributed by atoms with Gasteiger partial charge in [-0.1, -0.05) is 36.4 Å². The predicted octanol–water partition coefficient (Wildman–Crippen LogP) is 4.84. The molecule has 1 aliphatic rings.